The molecule has 0 atom stereocenters. The summed E-state index contributed by atoms with van der Waals surface area (Å²) in [7, 11) is -3.49. The Morgan fingerprint density at radius 2 is 1.78 bits per heavy atom. The number of rotatable bonds is 8. The molecule has 0 aliphatic carbocycles. The predicted octanol–water partition coefficient (Wildman–Crippen LogP) is 2.58. The Morgan fingerprint density at radius 1 is 1.04 bits per heavy atom. The van der Waals surface area contributed by atoms with Crippen LogP contribution in [-0.2, 0) is 10.0 Å². The van der Waals surface area contributed by atoms with Crippen molar-refractivity contribution in [1.29, 1.82) is 0 Å². The second-order valence-corrected chi connectivity index (χ2v) is 7.48. The molecule has 0 fully saturated rings. The molecule has 27 heavy (non-hydrogen) atoms. The maximum Gasteiger partial charge on any atom is 0.233 e. The van der Waals surface area contributed by atoms with Crippen LogP contribution in [0.1, 0.15) is 11.4 Å². The van der Waals surface area contributed by atoms with Gasteiger partial charge in [-0.2, -0.15) is 0 Å². The van der Waals surface area contributed by atoms with E-state index in [0.717, 1.165) is 11.4 Å². The Morgan fingerprint density at radius 3 is 2.52 bits per heavy atom. The van der Waals surface area contributed by atoms with Gasteiger partial charge < -0.3 is 9.88 Å². The maximum atomic E-state index is 12.0. The Hall–Kier alpha value is -2.97. The second-order valence-electron chi connectivity index (χ2n) is 5.83. The van der Waals surface area contributed by atoms with E-state index in [9.17, 15) is 8.42 Å². The van der Waals surface area contributed by atoms with E-state index in [1.54, 1.807) is 6.08 Å². The van der Waals surface area contributed by atoms with Crippen molar-refractivity contribution in [3.8, 4) is 5.82 Å². The lowest BCUT2D eigenvalue weighted by Crippen LogP contribution is -2.27. The van der Waals surface area contributed by atoms with Crippen LogP contribution in [0.4, 0.5) is 5.82 Å². The highest BCUT2D eigenvalue weighted by Gasteiger charge is 2.06. The van der Waals surface area contributed by atoms with Crippen LogP contribution >= 0.6 is 0 Å². The van der Waals surface area contributed by atoms with Crippen LogP contribution in [0.25, 0.3) is 11.9 Å². The van der Waals surface area contributed by atoms with E-state index in [-0.39, 0.29) is 6.54 Å². The van der Waals surface area contributed by atoms with Crippen molar-refractivity contribution >= 4 is 21.9 Å². The molecule has 2 N–H and O–H groups in total. The number of hydrogen-bond donors (Lipinski definition) is 2. The summed E-state index contributed by atoms with van der Waals surface area (Å²) in [5.74, 6) is 2.03. The topological polar surface area (TPSA) is 88.9 Å². The van der Waals surface area contributed by atoms with Gasteiger partial charge >= 0.3 is 0 Å². The molecule has 7 nitrogen and oxygen atoms in total. The molecule has 2 heterocycles. The molecular weight excluding hydrogens is 362 g/mol. The lowest BCUT2D eigenvalue weighted by molar-refractivity contribution is 0.592. The Kier molecular flexibility index (Phi) is 6.00. The number of aryl methyl sites for hydroxylation is 1. The van der Waals surface area contributed by atoms with Gasteiger partial charge in [0, 0.05) is 37.0 Å². The monoisotopic (exact) mass is 383 g/mol. The van der Waals surface area contributed by atoms with Gasteiger partial charge in [-0.15, -0.1) is 0 Å². The SMILES string of the molecule is Cc1nc(NCCNS(=O)(=O)/C=C/c2ccccc2)cc(-n2cccc2)n1. The Bertz CT molecular complexity index is 1000. The van der Waals surface area contributed by atoms with Crippen molar-refractivity contribution in [3.05, 3.63) is 77.7 Å². The average molecular weight is 383 g/mol. The minimum absolute atomic E-state index is 0.239. The van der Waals surface area contributed by atoms with Crippen molar-refractivity contribution in [2.75, 3.05) is 18.4 Å². The number of benzene rings is 1. The number of sulfonamides is 1. The van der Waals surface area contributed by atoms with E-state index in [1.165, 1.54) is 5.41 Å². The lowest BCUT2D eigenvalue weighted by Gasteiger charge is -2.09. The fraction of sp³-hybridized carbons (Fsp3) is 0.158. The highest BCUT2D eigenvalue weighted by Crippen LogP contribution is 2.11. The van der Waals surface area contributed by atoms with Gasteiger partial charge in [-0.1, -0.05) is 30.3 Å². The molecule has 140 valence electrons. The minimum Gasteiger partial charge on any atom is -0.369 e. The predicted molar refractivity (Wildman–Crippen MR) is 107 cm³/mol. The van der Waals surface area contributed by atoms with Gasteiger partial charge in [0.25, 0.3) is 0 Å². The first-order chi connectivity index (χ1) is 13.0. The van der Waals surface area contributed by atoms with E-state index in [0.29, 0.717) is 18.2 Å². The van der Waals surface area contributed by atoms with E-state index < -0.39 is 10.0 Å². The first-order valence-electron chi connectivity index (χ1n) is 8.47. The van der Waals surface area contributed by atoms with Gasteiger partial charge in [0.05, 0.1) is 0 Å². The standard InChI is InChI=1S/C19H21N5O2S/c1-16-22-18(15-19(23-16)24-12-5-6-13-24)20-10-11-21-27(25,26)14-9-17-7-3-2-4-8-17/h2-9,12-15,21H,10-11H2,1H3,(H,20,22,23)/b14-9+. The number of anilines is 1. The molecule has 0 bridgehead atoms. The van der Waals surface area contributed by atoms with Crippen LogP contribution in [0, 0.1) is 6.92 Å². The van der Waals surface area contributed by atoms with E-state index in [2.05, 4.69) is 20.0 Å². The molecule has 0 aliphatic rings. The van der Waals surface area contributed by atoms with Crippen LogP contribution in [0.5, 0.6) is 0 Å². The molecule has 0 saturated heterocycles. The zero-order valence-electron chi connectivity index (χ0n) is 14.9. The molecule has 0 radical (unpaired) electrons. The molecule has 1 aromatic carbocycles. The van der Waals surface area contributed by atoms with Crippen molar-refractivity contribution in [1.82, 2.24) is 19.3 Å². The van der Waals surface area contributed by atoms with Crippen molar-refractivity contribution in [2.45, 2.75) is 6.92 Å². The van der Waals surface area contributed by atoms with Crippen molar-refractivity contribution in [3.63, 3.8) is 0 Å². The Balaban J connectivity index is 1.53. The summed E-state index contributed by atoms with van der Waals surface area (Å²) in [5.41, 5.74) is 0.829. The molecule has 3 aromatic rings. The first kappa shape index (κ1) is 18.8. The first-order valence-corrected chi connectivity index (χ1v) is 10.0. The lowest BCUT2D eigenvalue weighted by atomic mass is 10.2. The zero-order valence-corrected chi connectivity index (χ0v) is 15.7. The van der Waals surface area contributed by atoms with Crippen LogP contribution in [-0.4, -0.2) is 36.0 Å². The molecule has 2 aromatic heterocycles. The molecule has 0 saturated carbocycles. The molecule has 0 amide bonds. The third kappa shape index (κ3) is 5.77. The third-order valence-corrected chi connectivity index (χ3v) is 4.77. The van der Waals surface area contributed by atoms with E-state index in [1.807, 2.05) is 72.4 Å². The summed E-state index contributed by atoms with van der Waals surface area (Å²) in [6, 6.07) is 14.9. The highest BCUT2D eigenvalue weighted by molar-refractivity contribution is 7.92. The molecular formula is C19H21N5O2S. The quantitative estimate of drug-likeness (QED) is 0.584. The summed E-state index contributed by atoms with van der Waals surface area (Å²) in [4.78, 5) is 8.72. The number of nitrogens with zero attached hydrogens (tertiary/aromatic N) is 3. The van der Waals surface area contributed by atoms with Crippen molar-refractivity contribution < 1.29 is 8.42 Å². The summed E-state index contributed by atoms with van der Waals surface area (Å²) < 4.78 is 28.5. The van der Waals surface area contributed by atoms with Crippen molar-refractivity contribution in [2.24, 2.45) is 0 Å². The summed E-state index contributed by atoms with van der Waals surface area (Å²) in [5, 5.41) is 4.29. The van der Waals surface area contributed by atoms with Crippen LogP contribution < -0.4 is 10.0 Å². The molecule has 8 heteroatoms. The fourth-order valence-electron chi connectivity index (χ4n) is 2.43. The third-order valence-electron chi connectivity index (χ3n) is 3.67. The number of aromatic nitrogens is 3. The zero-order chi connectivity index (χ0) is 19.1. The van der Waals surface area contributed by atoms with Crippen LogP contribution in [0.3, 0.4) is 0 Å². The normalized spacial score (nSPS) is 11.7. The van der Waals surface area contributed by atoms with Gasteiger partial charge in [0.2, 0.25) is 10.0 Å². The van der Waals surface area contributed by atoms with E-state index in [4.69, 9.17) is 0 Å². The smallest absolute Gasteiger partial charge is 0.233 e. The van der Waals surface area contributed by atoms with Gasteiger partial charge in [-0.3, -0.25) is 0 Å². The minimum atomic E-state index is -3.49. The molecule has 0 aliphatic heterocycles. The van der Waals surface area contributed by atoms with Gasteiger partial charge in [0.15, 0.2) is 0 Å². The second kappa shape index (κ2) is 8.61. The van der Waals surface area contributed by atoms with Crippen LogP contribution in [0.15, 0.2) is 66.3 Å². The maximum absolute atomic E-state index is 12.0. The summed E-state index contributed by atoms with van der Waals surface area (Å²) >= 11 is 0. The van der Waals surface area contributed by atoms with Gasteiger partial charge in [0.1, 0.15) is 17.5 Å². The molecule has 3 rings (SSSR count). The van der Waals surface area contributed by atoms with Crippen LogP contribution in [0.2, 0.25) is 0 Å². The molecule has 0 unspecified atom stereocenters. The fourth-order valence-corrected chi connectivity index (χ4v) is 3.25. The number of nitrogens with one attached hydrogen (secondary N) is 2. The highest BCUT2D eigenvalue weighted by atomic mass is 32.2. The molecule has 0 spiro atoms. The summed E-state index contributed by atoms with van der Waals surface area (Å²) in [6.45, 7) is 2.46. The Labute approximate surface area is 158 Å². The largest absolute Gasteiger partial charge is 0.369 e. The average Bonchev–Trinajstić information content (AvgIpc) is 3.19. The summed E-state index contributed by atoms with van der Waals surface area (Å²) in [6.07, 6.45) is 5.37. The van der Waals surface area contributed by atoms with Gasteiger partial charge in [-0.05, 0) is 30.7 Å². The van der Waals surface area contributed by atoms with Gasteiger partial charge in [-0.25, -0.2) is 23.1 Å². The van der Waals surface area contributed by atoms with E-state index >= 15 is 0 Å². The number of hydrogen-bond acceptors (Lipinski definition) is 5.